The van der Waals surface area contributed by atoms with E-state index >= 15 is 0 Å². The van der Waals surface area contributed by atoms with Crippen LogP contribution in [0.4, 0.5) is 0 Å². The maximum absolute atomic E-state index is 11.0. The van der Waals surface area contributed by atoms with Crippen molar-refractivity contribution >= 4 is 28.9 Å². The van der Waals surface area contributed by atoms with Crippen molar-refractivity contribution in [3.63, 3.8) is 0 Å². The minimum Gasteiger partial charge on any atom is -0.493 e. The molecule has 144 valence electrons. The predicted octanol–water partition coefficient (Wildman–Crippen LogP) is 3.79. The van der Waals surface area contributed by atoms with Crippen LogP contribution in [0.1, 0.15) is 40.9 Å². The lowest BCUT2D eigenvalue weighted by Gasteiger charge is -2.33. The van der Waals surface area contributed by atoms with E-state index in [9.17, 15) is 9.90 Å². The zero-order valence-corrected chi connectivity index (χ0v) is 16.0. The summed E-state index contributed by atoms with van der Waals surface area (Å²) in [6.45, 7) is 0.429. The fourth-order valence-electron chi connectivity index (χ4n) is 4.00. The Balaban J connectivity index is 1.38. The molecule has 1 saturated heterocycles. The number of carbonyl (C=O) groups is 1. The van der Waals surface area contributed by atoms with Crippen molar-refractivity contribution in [1.29, 1.82) is 0 Å². The molecule has 6 nitrogen and oxygen atoms in total. The highest BCUT2D eigenvalue weighted by atomic mass is 35.5. The molecule has 2 aliphatic rings. The molecule has 1 aliphatic carbocycles. The lowest BCUT2D eigenvalue weighted by atomic mass is 9.87. The summed E-state index contributed by atoms with van der Waals surface area (Å²) in [5, 5.41) is 22.4. The molecule has 2 aromatic rings. The summed E-state index contributed by atoms with van der Waals surface area (Å²) in [5.41, 5.74) is 0.0569. The van der Waals surface area contributed by atoms with E-state index in [1.807, 2.05) is 12.1 Å². The number of ether oxygens (including phenoxy) is 2. The van der Waals surface area contributed by atoms with Gasteiger partial charge >= 0.3 is 5.97 Å². The van der Waals surface area contributed by atoms with E-state index in [1.165, 1.54) is 11.3 Å². The molecule has 2 heterocycles. The standard InChI is InChI=1S/C19H20ClNO5S/c20-10-1-3-11(4-2-10)25-8-13-12-5-6-16(26-17(12)7-15(13)22)18-21-14(9-27-18)19(23)24/h1-4,9,12-13,15-17,22H,5-8H2,(H,23,24). The van der Waals surface area contributed by atoms with Gasteiger partial charge in [0.1, 0.15) is 16.9 Å². The number of aliphatic hydroxyl groups is 1. The summed E-state index contributed by atoms with van der Waals surface area (Å²) in [6.07, 6.45) is 1.48. The minimum atomic E-state index is -1.03. The Morgan fingerprint density at radius 2 is 2.11 bits per heavy atom. The van der Waals surface area contributed by atoms with E-state index in [-0.39, 0.29) is 29.7 Å². The molecule has 2 N–H and O–H groups in total. The molecule has 5 atom stereocenters. The predicted molar refractivity (Wildman–Crippen MR) is 100 cm³/mol. The topological polar surface area (TPSA) is 88.9 Å². The van der Waals surface area contributed by atoms with Gasteiger partial charge in [-0.1, -0.05) is 11.6 Å². The van der Waals surface area contributed by atoms with Crippen LogP contribution in [0.3, 0.4) is 0 Å². The zero-order chi connectivity index (χ0) is 19.0. The minimum absolute atomic E-state index is 0.0116. The van der Waals surface area contributed by atoms with Gasteiger partial charge in [0.15, 0.2) is 5.69 Å². The molecule has 4 rings (SSSR count). The Hall–Kier alpha value is -1.67. The second-order valence-corrected chi connectivity index (χ2v) is 8.34. The van der Waals surface area contributed by atoms with E-state index in [4.69, 9.17) is 26.2 Å². The Bertz CT molecular complexity index is 811. The van der Waals surface area contributed by atoms with E-state index in [1.54, 1.807) is 17.5 Å². The van der Waals surface area contributed by atoms with Crippen LogP contribution in [0.2, 0.25) is 5.02 Å². The van der Waals surface area contributed by atoms with Crippen LogP contribution in [-0.4, -0.2) is 40.0 Å². The number of hydrogen-bond acceptors (Lipinski definition) is 6. The van der Waals surface area contributed by atoms with Crippen molar-refractivity contribution in [2.45, 2.75) is 37.6 Å². The maximum atomic E-state index is 11.0. The fourth-order valence-corrected chi connectivity index (χ4v) is 4.99. The highest BCUT2D eigenvalue weighted by Gasteiger charge is 2.47. The molecule has 5 unspecified atom stereocenters. The number of nitrogens with zero attached hydrogens (tertiary/aromatic N) is 1. The largest absolute Gasteiger partial charge is 0.493 e. The normalized spacial score (nSPS) is 30.1. The van der Waals surface area contributed by atoms with Gasteiger partial charge in [-0.25, -0.2) is 9.78 Å². The van der Waals surface area contributed by atoms with Gasteiger partial charge in [-0.05, 0) is 43.0 Å². The molecule has 8 heteroatoms. The summed E-state index contributed by atoms with van der Waals surface area (Å²) in [4.78, 5) is 15.2. The lowest BCUT2D eigenvalue weighted by molar-refractivity contribution is -0.0811. The smallest absolute Gasteiger partial charge is 0.355 e. The molecule has 0 bridgehead atoms. The Morgan fingerprint density at radius 3 is 2.81 bits per heavy atom. The Kier molecular flexibility index (Phi) is 5.36. The van der Waals surface area contributed by atoms with Crippen molar-refractivity contribution in [2.75, 3.05) is 6.61 Å². The number of aromatic carboxylic acids is 1. The van der Waals surface area contributed by atoms with Gasteiger partial charge in [0.05, 0.1) is 18.8 Å². The third-order valence-electron chi connectivity index (χ3n) is 5.37. The van der Waals surface area contributed by atoms with E-state index in [0.717, 1.165) is 18.6 Å². The van der Waals surface area contributed by atoms with Gasteiger partial charge in [0.25, 0.3) is 0 Å². The van der Waals surface area contributed by atoms with Crippen LogP contribution in [-0.2, 0) is 4.74 Å². The number of rotatable bonds is 5. The molecule has 0 spiro atoms. The number of hydrogen-bond donors (Lipinski definition) is 2. The number of halogens is 1. The molecule has 0 radical (unpaired) electrons. The third kappa shape index (κ3) is 3.96. The summed E-state index contributed by atoms with van der Waals surface area (Å²) in [7, 11) is 0. The SMILES string of the molecule is O=C(O)c1csc(C2CCC3C(CC(O)C3COc3ccc(Cl)cc3)O2)n1. The van der Waals surface area contributed by atoms with E-state index < -0.39 is 12.1 Å². The van der Waals surface area contributed by atoms with Crippen molar-refractivity contribution in [3.05, 3.63) is 45.4 Å². The number of aromatic nitrogens is 1. The third-order valence-corrected chi connectivity index (χ3v) is 6.56. The summed E-state index contributed by atoms with van der Waals surface area (Å²) < 4.78 is 12.0. The van der Waals surface area contributed by atoms with Gasteiger partial charge < -0.3 is 19.7 Å². The molecule has 2 fully saturated rings. The number of carboxylic acids is 1. The average molecular weight is 410 g/mol. The average Bonchev–Trinajstić information content (AvgIpc) is 3.25. The molecular weight excluding hydrogens is 390 g/mol. The molecule has 1 saturated carbocycles. The van der Waals surface area contributed by atoms with Gasteiger partial charge in [0, 0.05) is 22.7 Å². The van der Waals surface area contributed by atoms with Crippen LogP contribution < -0.4 is 4.74 Å². The second-order valence-electron chi connectivity index (χ2n) is 7.01. The van der Waals surface area contributed by atoms with Crippen molar-refractivity contribution in [2.24, 2.45) is 11.8 Å². The number of thiazole rings is 1. The van der Waals surface area contributed by atoms with Gasteiger partial charge in [0.2, 0.25) is 0 Å². The second kappa shape index (κ2) is 7.75. The number of carboxylic acid groups (broad SMARTS) is 1. The number of benzene rings is 1. The summed E-state index contributed by atoms with van der Waals surface area (Å²) in [6, 6.07) is 7.19. The first-order chi connectivity index (χ1) is 13.0. The molecule has 1 aromatic carbocycles. The highest BCUT2D eigenvalue weighted by molar-refractivity contribution is 7.09. The molecule has 0 amide bonds. The Morgan fingerprint density at radius 1 is 1.33 bits per heavy atom. The first-order valence-corrected chi connectivity index (χ1v) is 10.2. The first-order valence-electron chi connectivity index (χ1n) is 8.92. The first kappa shape index (κ1) is 18.7. The van der Waals surface area contributed by atoms with Crippen molar-refractivity contribution in [3.8, 4) is 5.75 Å². The van der Waals surface area contributed by atoms with Crippen molar-refractivity contribution < 1.29 is 24.5 Å². The molecule has 1 aromatic heterocycles. The van der Waals surface area contributed by atoms with Gasteiger partial charge in [-0.3, -0.25) is 0 Å². The summed E-state index contributed by atoms with van der Waals surface area (Å²) >= 11 is 7.20. The number of fused-ring (bicyclic) bond motifs is 1. The molecular formula is C19H20ClNO5S. The highest BCUT2D eigenvalue weighted by Crippen LogP contribution is 2.46. The maximum Gasteiger partial charge on any atom is 0.355 e. The van der Waals surface area contributed by atoms with Crippen molar-refractivity contribution in [1.82, 2.24) is 4.98 Å². The number of aliphatic hydroxyl groups excluding tert-OH is 1. The van der Waals surface area contributed by atoms with Crippen LogP contribution in [0.5, 0.6) is 5.75 Å². The fraction of sp³-hybridized carbons (Fsp3) is 0.474. The van der Waals surface area contributed by atoms with Gasteiger partial charge in [-0.2, -0.15) is 0 Å². The van der Waals surface area contributed by atoms with Crippen LogP contribution in [0.15, 0.2) is 29.6 Å². The lowest BCUT2D eigenvalue weighted by Crippen LogP contribution is -2.33. The van der Waals surface area contributed by atoms with E-state index in [2.05, 4.69) is 4.98 Å². The monoisotopic (exact) mass is 409 g/mol. The summed E-state index contributed by atoms with van der Waals surface area (Å²) in [5.74, 6) is -0.0597. The van der Waals surface area contributed by atoms with Gasteiger partial charge in [-0.15, -0.1) is 11.3 Å². The Labute approximate surface area is 165 Å². The quantitative estimate of drug-likeness (QED) is 0.781. The molecule has 27 heavy (non-hydrogen) atoms. The van der Waals surface area contributed by atoms with Crippen LogP contribution in [0, 0.1) is 11.8 Å². The van der Waals surface area contributed by atoms with E-state index in [0.29, 0.717) is 23.1 Å². The zero-order valence-electron chi connectivity index (χ0n) is 14.5. The molecule has 1 aliphatic heterocycles. The van der Waals surface area contributed by atoms with Crippen LogP contribution in [0.25, 0.3) is 0 Å². The van der Waals surface area contributed by atoms with Crippen LogP contribution >= 0.6 is 22.9 Å².